The summed E-state index contributed by atoms with van der Waals surface area (Å²) in [6.45, 7) is -0.137. The van der Waals surface area contributed by atoms with E-state index in [1.165, 1.54) is 41.5 Å². The number of anilines is 1. The molecule has 1 aromatic heterocycles. The number of likely N-dealkylation sites (N-methyl/N-ethyl adjacent to an activating group) is 1. The van der Waals surface area contributed by atoms with Crippen LogP contribution in [0.15, 0.2) is 42.5 Å². The second-order valence-corrected chi connectivity index (χ2v) is 7.53. The molecule has 26 heavy (non-hydrogen) atoms. The summed E-state index contributed by atoms with van der Waals surface area (Å²) in [4.78, 5) is 26.4. The first-order chi connectivity index (χ1) is 12.3. The molecule has 0 saturated heterocycles. The van der Waals surface area contributed by atoms with Crippen molar-refractivity contribution in [2.24, 2.45) is 0 Å². The Morgan fingerprint density at radius 2 is 1.88 bits per heavy atom. The van der Waals surface area contributed by atoms with Crippen LogP contribution in [0.25, 0.3) is 10.1 Å². The zero-order valence-electron chi connectivity index (χ0n) is 13.6. The summed E-state index contributed by atoms with van der Waals surface area (Å²) >= 11 is 13.0. The van der Waals surface area contributed by atoms with Crippen LogP contribution in [0.3, 0.4) is 0 Å². The molecule has 0 aliphatic carbocycles. The summed E-state index contributed by atoms with van der Waals surface area (Å²) in [6.07, 6.45) is 0. The van der Waals surface area contributed by atoms with Crippen molar-refractivity contribution in [3.05, 3.63) is 63.2 Å². The van der Waals surface area contributed by atoms with Gasteiger partial charge in [0.05, 0.1) is 21.5 Å². The van der Waals surface area contributed by atoms with E-state index in [1.54, 1.807) is 24.3 Å². The number of carbonyl (C=O) groups excluding carboxylic acids is 2. The van der Waals surface area contributed by atoms with Crippen molar-refractivity contribution < 1.29 is 14.0 Å². The van der Waals surface area contributed by atoms with Gasteiger partial charge in [-0.3, -0.25) is 9.59 Å². The number of carbonyl (C=O) groups is 2. The van der Waals surface area contributed by atoms with E-state index in [0.717, 1.165) is 4.70 Å². The second kappa shape index (κ2) is 7.61. The van der Waals surface area contributed by atoms with Gasteiger partial charge in [-0.25, -0.2) is 4.39 Å². The minimum atomic E-state index is -0.369. The average Bonchev–Trinajstić information content (AvgIpc) is 3.00. The Balaban J connectivity index is 1.67. The minimum Gasteiger partial charge on any atom is -0.332 e. The van der Waals surface area contributed by atoms with Crippen LogP contribution in [-0.4, -0.2) is 30.3 Å². The van der Waals surface area contributed by atoms with Gasteiger partial charge in [-0.1, -0.05) is 23.2 Å². The second-order valence-electron chi connectivity index (χ2n) is 5.63. The number of halogens is 3. The molecule has 0 atom stereocenters. The van der Waals surface area contributed by atoms with Crippen molar-refractivity contribution in [2.75, 3.05) is 18.9 Å². The lowest BCUT2D eigenvalue weighted by Crippen LogP contribution is -2.34. The monoisotopic (exact) mass is 410 g/mol. The molecule has 1 N–H and O–H groups in total. The van der Waals surface area contributed by atoms with Crippen LogP contribution in [-0.2, 0) is 4.79 Å². The van der Waals surface area contributed by atoms with Gasteiger partial charge in [-0.05, 0) is 47.9 Å². The van der Waals surface area contributed by atoms with Crippen molar-refractivity contribution in [3.63, 3.8) is 0 Å². The summed E-state index contributed by atoms with van der Waals surface area (Å²) < 4.78 is 14.1. The summed E-state index contributed by atoms with van der Waals surface area (Å²) in [5.74, 6) is -1.04. The van der Waals surface area contributed by atoms with E-state index in [-0.39, 0.29) is 24.2 Å². The van der Waals surface area contributed by atoms with Gasteiger partial charge in [0.1, 0.15) is 5.82 Å². The lowest BCUT2D eigenvalue weighted by molar-refractivity contribution is -0.116. The normalized spacial score (nSPS) is 10.8. The molecule has 3 aromatic rings. The van der Waals surface area contributed by atoms with Crippen LogP contribution < -0.4 is 5.32 Å². The summed E-state index contributed by atoms with van der Waals surface area (Å²) in [5.41, 5.74) is 0.489. The Hall–Kier alpha value is -2.15. The summed E-state index contributed by atoms with van der Waals surface area (Å²) in [5, 5.41) is 4.03. The van der Waals surface area contributed by atoms with E-state index >= 15 is 0 Å². The van der Waals surface area contributed by atoms with Crippen LogP contribution in [0, 0.1) is 5.82 Å². The van der Waals surface area contributed by atoms with E-state index in [2.05, 4.69) is 5.32 Å². The number of nitrogens with zero attached hydrogens (tertiary/aromatic N) is 1. The molecule has 0 fully saturated rings. The SMILES string of the molecule is CN(CC(=O)Nc1ccc(Cl)c(Cl)c1)C(=O)c1cc2cc(F)ccc2s1. The molecular weight excluding hydrogens is 398 g/mol. The molecule has 0 spiro atoms. The highest BCUT2D eigenvalue weighted by Crippen LogP contribution is 2.27. The Kier molecular flexibility index (Phi) is 5.46. The molecular formula is C18H13Cl2FN2O2S. The van der Waals surface area contributed by atoms with Gasteiger partial charge in [0.25, 0.3) is 5.91 Å². The van der Waals surface area contributed by atoms with E-state index in [1.807, 2.05) is 0 Å². The maximum Gasteiger partial charge on any atom is 0.264 e. The van der Waals surface area contributed by atoms with Crippen molar-refractivity contribution >= 4 is 62.1 Å². The predicted molar refractivity (Wildman–Crippen MR) is 104 cm³/mol. The first kappa shape index (κ1) is 18.6. The first-order valence-electron chi connectivity index (χ1n) is 7.53. The third-order valence-corrected chi connectivity index (χ3v) is 5.46. The van der Waals surface area contributed by atoms with Gasteiger partial charge in [0.2, 0.25) is 5.91 Å². The topological polar surface area (TPSA) is 49.4 Å². The lowest BCUT2D eigenvalue weighted by atomic mass is 10.2. The van der Waals surface area contributed by atoms with Gasteiger partial charge < -0.3 is 10.2 Å². The zero-order valence-corrected chi connectivity index (χ0v) is 15.9. The van der Waals surface area contributed by atoms with Crippen LogP contribution in [0.1, 0.15) is 9.67 Å². The maximum absolute atomic E-state index is 13.3. The number of thiophene rings is 1. The van der Waals surface area contributed by atoms with Gasteiger partial charge in [-0.15, -0.1) is 11.3 Å². The number of rotatable bonds is 4. The standard InChI is InChI=1S/C18H13Cl2FN2O2S/c1-23(9-17(24)22-12-3-4-13(19)14(20)8-12)18(25)16-7-10-6-11(21)2-5-15(10)26-16/h2-8H,9H2,1H3,(H,22,24). The predicted octanol–water partition coefficient (Wildman–Crippen LogP) is 5.06. The van der Waals surface area contributed by atoms with Crippen LogP contribution in [0.2, 0.25) is 10.0 Å². The highest BCUT2D eigenvalue weighted by atomic mass is 35.5. The van der Waals surface area contributed by atoms with Crippen LogP contribution in [0.4, 0.5) is 10.1 Å². The molecule has 0 saturated carbocycles. The molecule has 3 rings (SSSR count). The molecule has 8 heteroatoms. The maximum atomic E-state index is 13.3. The molecule has 2 aromatic carbocycles. The Morgan fingerprint density at radius 1 is 1.12 bits per heavy atom. The quantitative estimate of drug-likeness (QED) is 0.653. The Morgan fingerprint density at radius 3 is 2.62 bits per heavy atom. The van der Waals surface area contributed by atoms with E-state index in [0.29, 0.717) is 26.0 Å². The van der Waals surface area contributed by atoms with Crippen molar-refractivity contribution in [3.8, 4) is 0 Å². The number of hydrogen-bond acceptors (Lipinski definition) is 3. The summed E-state index contributed by atoms with van der Waals surface area (Å²) in [6, 6.07) is 10.7. The molecule has 134 valence electrons. The number of nitrogens with one attached hydrogen (secondary N) is 1. The molecule has 0 unspecified atom stereocenters. The number of hydrogen-bond donors (Lipinski definition) is 1. The average molecular weight is 411 g/mol. The molecule has 4 nitrogen and oxygen atoms in total. The Labute approximate surface area is 163 Å². The van der Waals surface area contributed by atoms with Gasteiger partial charge in [-0.2, -0.15) is 0 Å². The van der Waals surface area contributed by atoms with Gasteiger partial charge in [0.15, 0.2) is 0 Å². The first-order valence-corrected chi connectivity index (χ1v) is 9.10. The molecule has 0 radical (unpaired) electrons. The fourth-order valence-corrected chi connectivity index (χ4v) is 3.71. The third kappa shape index (κ3) is 4.15. The number of amides is 2. The lowest BCUT2D eigenvalue weighted by Gasteiger charge is -2.16. The van der Waals surface area contributed by atoms with Crippen molar-refractivity contribution in [1.82, 2.24) is 4.90 Å². The molecule has 0 aliphatic rings. The third-order valence-electron chi connectivity index (χ3n) is 3.62. The minimum absolute atomic E-state index is 0.137. The van der Waals surface area contributed by atoms with Gasteiger partial charge in [0, 0.05) is 17.4 Å². The van der Waals surface area contributed by atoms with Gasteiger partial charge >= 0.3 is 0 Å². The largest absolute Gasteiger partial charge is 0.332 e. The highest BCUT2D eigenvalue weighted by molar-refractivity contribution is 7.20. The Bertz CT molecular complexity index is 1010. The number of benzene rings is 2. The molecule has 1 heterocycles. The fraction of sp³-hybridized carbons (Fsp3) is 0.111. The van der Waals surface area contributed by atoms with Crippen molar-refractivity contribution in [2.45, 2.75) is 0 Å². The molecule has 0 bridgehead atoms. The smallest absolute Gasteiger partial charge is 0.264 e. The van der Waals surface area contributed by atoms with E-state index < -0.39 is 0 Å². The summed E-state index contributed by atoms with van der Waals surface area (Å²) in [7, 11) is 1.53. The zero-order chi connectivity index (χ0) is 18.8. The van der Waals surface area contributed by atoms with Crippen LogP contribution in [0.5, 0.6) is 0 Å². The number of fused-ring (bicyclic) bond motifs is 1. The highest BCUT2D eigenvalue weighted by Gasteiger charge is 2.18. The van der Waals surface area contributed by atoms with Crippen LogP contribution >= 0.6 is 34.5 Å². The van der Waals surface area contributed by atoms with E-state index in [4.69, 9.17) is 23.2 Å². The van der Waals surface area contributed by atoms with Crippen molar-refractivity contribution in [1.29, 1.82) is 0 Å². The van der Waals surface area contributed by atoms with E-state index in [9.17, 15) is 14.0 Å². The molecule has 2 amide bonds. The molecule has 0 aliphatic heterocycles. The fourth-order valence-electron chi connectivity index (χ4n) is 2.37.